The molecule has 0 bridgehead atoms. The van der Waals surface area contributed by atoms with Crippen LogP contribution in [0.3, 0.4) is 0 Å². The van der Waals surface area contributed by atoms with Gasteiger partial charge in [0.15, 0.2) is 0 Å². The summed E-state index contributed by atoms with van der Waals surface area (Å²) in [5.74, 6) is -2.02. The molecule has 0 radical (unpaired) electrons. The van der Waals surface area contributed by atoms with Crippen molar-refractivity contribution in [3.63, 3.8) is 0 Å². The molecule has 1 fully saturated rings. The Morgan fingerprint density at radius 3 is 2.44 bits per heavy atom. The number of carbonyl (C=O) groups is 3. The van der Waals surface area contributed by atoms with Gasteiger partial charge in [-0.05, 0) is 13.8 Å². The molecule has 0 saturated carbocycles. The van der Waals surface area contributed by atoms with Crippen LogP contribution in [0.4, 0.5) is 0 Å². The SMILES string of the molecule is CN1CC(C(=O)NC(C)(C)C(=O)O)CC1=O. The summed E-state index contributed by atoms with van der Waals surface area (Å²) in [4.78, 5) is 35.2. The smallest absolute Gasteiger partial charge is 0.328 e. The molecule has 0 aromatic carbocycles. The largest absolute Gasteiger partial charge is 0.480 e. The van der Waals surface area contributed by atoms with Crippen LogP contribution in [0, 0.1) is 5.92 Å². The van der Waals surface area contributed by atoms with Crippen molar-refractivity contribution >= 4 is 17.8 Å². The van der Waals surface area contributed by atoms with Crippen molar-refractivity contribution in [2.45, 2.75) is 25.8 Å². The van der Waals surface area contributed by atoms with Crippen molar-refractivity contribution in [2.75, 3.05) is 13.6 Å². The summed E-state index contributed by atoms with van der Waals surface area (Å²) < 4.78 is 0. The van der Waals surface area contributed by atoms with Crippen LogP contribution in [0.5, 0.6) is 0 Å². The van der Waals surface area contributed by atoms with Crippen LogP contribution in [-0.4, -0.2) is 46.9 Å². The van der Waals surface area contributed by atoms with Crippen LogP contribution in [0.15, 0.2) is 0 Å². The molecule has 1 aliphatic heterocycles. The molecule has 1 saturated heterocycles. The minimum absolute atomic E-state index is 0.0896. The van der Waals surface area contributed by atoms with Crippen molar-refractivity contribution in [1.82, 2.24) is 10.2 Å². The molecule has 1 aliphatic rings. The number of nitrogens with one attached hydrogen (secondary N) is 1. The Labute approximate surface area is 93.6 Å². The average Bonchev–Trinajstić information content (AvgIpc) is 2.46. The van der Waals surface area contributed by atoms with E-state index in [0.717, 1.165) is 0 Å². The highest BCUT2D eigenvalue weighted by Crippen LogP contribution is 2.17. The Hall–Kier alpha value is -1.59. The van der Waals surface area contributed by atoms with Gasteiger partial charge in [0.25, 0.3) is 0 Å². The van der Waals surface area contributed by atoms with E-state index in [2.05, 4.69) is 5.32 Å². The lowest BCUT2D eigenvalue weighted by molar-refractivity contribution is -0.146. The third kappa shape index (κ3) is 2.50. The highest BCUT2D eigenvalue weighted by molar-refractivity contribution is 5.92. The van der Waals surface area contributed by atoms with Gasteiger partial charge in [0.2, 0.25) is 11.8 Å². The summed E-state index contributed by atoms with van der Waals surface area (Å²) >= 11 is 0. The molecule has 0 spiro atoms. The maximum absolute atomic E-state index is 11.7. The fourth-order valence-corrected chi connectivity index (χ4v) is 1.50. The summed E-state index contributed by atoms with van der Waals surface area (Å²) in [6.07, 6.45) is 0.151. The van der Waals surface area contributed by atoms with Crippen molar-refractivity contribution in [3.05, 3.63) is 0 Å². The van der Waals surface area contributed by atoms with Gasteiger partial charge in [-0.1, -0.05) is 0 Å². The molecule has 16 heavy (non-hydrogen) atoms. The first kappa shape index (κ1) is 12.5. The number of aliphatic carboxylic acids is 1. The number of carboxylic acids is 1. The maximum Gasteiger partial charge on any atom is 0.328 e. The lowest BCUT2D eigenvalue weighted by Crippen LogP contribution is -2.51. The third-order valence-corrected chi connectivity index (χ3v) is 2.68. The van der Waals surface area contributed by atoms with Gasteiger partial charge in [0, 0.05) is 20.0 Å². The van der Waals surface area contributed by atoms with E-state index in [1.54, 1.807) is 7.05 Å². The van der Waals surface area contributed by atoms with E-state index in [9.17, 15) is 14.4 Å². The third-order valence-electron chi connectivity index (χ3n) is 2.68. The second-order valence-electron chi connectivity index (χ2n) is 4.59. The quantitative estimate of drug-likeness (QED) is 0.678. The van der Waals surface area contributed by atoms with Gasteiger partial charge in [0.1, 0.15) is 5.54 Å². The Bertz CT molecular complexity index is 338. The monoisotopic (exact) mass is 228 g/mol. The van der Waals surface area contributed by atoms with Crippen LogP contribution in [0.25, 0.3) is 0 Å². The molecular formula is C10H16N2O4. The zero-order valence-corrected chi connectivity index (χ0v) is 9.61. The molecule has 2 N–H and O–H groups in total. The van der Waals surface area contributed by atoms with Gasteiger partial charge in [-0.25, -0.2) is 4.79 Å². The van der Waals surface area contributed by atoms with Gasteiger partial charge < -0.3 is 15.3 Å². The lowest BCUT2D eigenvalue weighted by atomic mass is 10.0. The van der Waals surface area contributed by atoms with Gasteiger partial charge >= 0.3 is 5.97 Å². The number of hydrogen-bond acceptors (Lipinski definition) is 3. The first-order valence-electron chi connectivity index (χ1n) is 5.03. The van der Waals surface area contributed by atoms with E-state index in [4.69, 9.17) is 5.11 Å². The van der Waals surface area contributed by atoms with E-state index < -0.39 is 17.4 Å². The normalized spacial score (nSPS) is 21.1. The number of rotatable bonds is 3. The fraction of sp³-hybridized carbons (Fsp3) is 0.700. The van der Waals surface area contributed by atoms with Crippen LogP contribution >= 0.6 is 0 Å². The molecule has 0 aliphatic carbocycles. The second-order valence-corrected chi connectivity index (χ2v) is 4.59. The zero-order valence-electron chi connectivity index (χ0n) is 9.61. The summed E-state index contributed by atoms with van der Waals surface area (Å²) in [7, 11) is 1.62. The molecule has 1 unspecified atom stereocenters. The van der Waals surface area contributed by atoms with E-state index in [-0.39, 0.29) is 18.2 Å². The van der Waals surface area contributed by atoms with Crippen molar-refractivity contribution in [1.29, 1.82) is 0 Å². The van der Waals surface area contributed by atoms with Crippen molar-refractivity contribution in [3.8, 4) is 0 Å². The first-order valence-corrected chi connectivity index (χ1v) is 5.03. The van der Waals surface area contributed by atoms with Crippen LogP contribution in [0.2, 0.25) is 0 Å². The standard InChI is InChI=1S/C10H16N2O4/c1-10(2,9(15)16)11-8(14)6-4-7(13)12(3)5-6/h6H,4-5H2,1-3H3,(H,11,14)(H,15,16). The highest BCUT2D eigenvalue weighted by atomic mass is 16.4. The van der Waals surface area contributed by atoms with Gasteiger partial charge in [-0.15, -0.1) is 0 Å². The molecule has 1 atom stereocenters. The zero-order chi connectivity index (χ0) is 12.5. The molecule has 90 valence electrons. The van der Waals surface area contributed by atoms with Crippen molar-refractivity contribution < 1.29 is 19.5 Å². The minimum Gasteiger partial charge on any atom is -0.480 e. The van der Waals surface area contributed by atoms with E-state index in [1.165, 1.54) is 18.7 Å². The van der Waals surface area contributed by atoms with Gasteiger partial charge in [-0.3, -0.25) is 9.59 Å². The Balaban J connectivity index is 2.61. The molecule has 0 aromatic rings. The molecular weight excluding hydrogens is 212 g/mol. The summed E-state index contributed by atoms with van der Waals surface area (Å²) in [5, 5.41) is 11.3. The predicted molar refractivity (Wildman–Crippen MR) is 55.6 cm³/mol. The number of likely N-dealkylation sites (tertiary alicyclic amines) is 1. The Morgan fingerprint density at radius 2 is 2.06 bits per heavy atom. The summed E-state index contributed by atoms with van der Waals surface area (Å²) in [6, 6.07) is 0. The topological polar surface area (TPSA) is 86.7 Å². The number of hydrogen-bond donors (Lipinski definition) is 2. The number of amides is 2. The Kier molecular flexibility index (Phi) is 3.21. The van der Waals surface area contributed by atoms with Crippen molar-refractivity contribution in [2.24, 2.45) is 5.92 Å². The molecule has 6 heteroatoms. The van der Waals surface area contributed by atoms with E-state index >= 15 is 0 Å². The second kappa shape index (κ2) is 4.11. The van der Waals surface area contributed by atoms with Gasteiger partial charge in [-0.2, -0.15) is 0 Å². The lowest BCUT2D eigenvalue weighted by Gasteiger charge is -2.22. The molecule has 6 nitrogen and oxygen atoms in total. The van der Waals surface area contributed by atoms with E-state index in [0.29, 0.717) is 6.54 Å². The highest BCUT2D eigenvalue weighted by Gasteiger charge is 2.36. The van der Waals surface area contributed by atoms with E-state index in [1.807, 2.05) is 0 Å². The first-order chi connectivity index (χ1) is 7.24. The number of carbonyl (C=O) groups excluding carboxylic acids is 2. The maximum atomic E-state index is 11.7. The minimum atomic E-state index is -1.30. The number of nitrogens with zero attached hydrogens (tertiary/aromatic N) is 1. The van der Waals surface area contributed by atoms with Gasteiger partial charge in [0.05, 0.1) is 5.92 Å². The summed E-state index contributed by atoms with van der Waals surface area (Å²) in [6.45, 7) is 3.17. The molecule has 2 amide bonds. The molecule has 0 aromatic heterocycles. The van der Waals surface area contributed by atoms with Crippen LogP contribution in [-0.2, 0) is 14.4 Å². The average molecular weight is 228 g/mol. The molecule has 1 rings (SSSR count). The van der Waals surface area contributed by atoms with Crippen LogP contribution in [0.1, 0.15) is 20.3 Å². The predicted octanol–water partition coefficient (Wildman–Crippen LogP) is -0.556. The fourth-order valence-electron chi connectivity index (χ4n) is 1.50. The summed E-state index contributed by atoms with van der Waals surface area (Å²) in [5.41, 5.74) is -1.30. The van der Waals surface area contributed by atoms with Crippen LogP contribution < -0.4 is 5.32 Å². The molecule has 1 heterocycles. The number of carboxylic acid groups (broad SMARTS) is 1. The Morgan fingerprint density at radius 1 is 1.50 bits per heavy atom.